The Morgan fingerprint density at radius 2 is 1.12 bits per heavy atom. The standard InChI is InChI=1S/C32H32N2O4S2/c1-7-37-23(17-21-13-9-11-15-33(21)5)25-19(3)39-31-27(25)29(35)32-28(30(31)36)26(20(4)40-32)24(38-8-2)18-22-14-10-12-16-34(22)6/h9-18H,7-8H2,1-6H3/q+2/b23-17-,24-18-. The summed E-state index contributed by atoms with van der Waals surface area (Å²) in [5, 5.41) is 0. The number of ether oxygens (including phenoxy) is 2. The zero-order valence-electron chi connectivity index (χ0n) is 23.5. The van der Waals surface area contributed by atoms with Crippen LogP contribution in [-0.4, -0.2) is 24.8 Å². The molecule has 5 rings (SSSR count). The number of rotatable bonds is 8. The van der Waals surface area contributed by atoms with Crippen molar-refractivity contribution in [3.05, 3.63) is 102 Å². The summed E-state index contributed by atoms with van der Waals surface area (Å²) in [7, 11) is 3.92. The average Bonchev–Trinajstić information content (AvgIpc) is 3.46. The molecular weight excluding hydrogens is 540 g/mol. The Hall–Kier alpha value is -3.88. The summed E-state index contributed by atoms with van der Waals surface area (Å²) in [6.07, 6.45) is 7.79. The normalized spacial score (nSPS) is 13.3. The van der Waals surface area contributed by atoms with E-state index in [1.165, 1.54) is 22.7 Å². The van der Waals surface area contributed by atoms with Crippen LogP contribution in [0.2, 0.25) is 0 Å². The summed E-state index contributed by atoms with van der Waals surface area (Å²) < 4.78 is 16.2. The number of hydrogen-bond donors (Lipinski definition) is 0. The number of pyridine rings is 2. The maximum absolute atomic E-state index is 14.2. The molecular formula is C32H32N2O4S2+2. The Bertz CT molecular complexity index is 1580. The molecule has 0 bridgehead atoms. The number of aromatic nitrogens is 2. The summed E-state index contributed by atoms with van der Waals surface area (Å²) in [4.78, 5) is 31.0. The SMILES string of the molecule is CCO/C(=C\c1cccc[n+]1C)c1c(C)sc2c1C(=O)c1sc(C)c(/C(=C/c3cccc[n+]3C)OCC)c1C2=O. The molecule has 4 aromatic rings. The second-order valence-electron chi connectivity index (χ2n) is 9.49. The second kappa shape index (κ2) is 11.3. The zero-order valence-corrected chi connectivity index (χ0v) is 25.2. The van der Waals surface area contributed by atoms with E-state index in [0.29, 0.717) is 56.7 Å². The van der Waals surface area contributed by atoms with Crippen LogP contribution in [0, 0.1) is 13.8 Å². The molecule has 40 heavy (non-hydrogen) atoms. The van der Waals surface area contributed by atoms with Crippen molar-refractivity contribution < 1.29 is 28.2 Å². The van der Waals surface area contributed by atoms with Crippen molar-refractivity contribution in [2.75, 3.05) is 13.2 Å². The Balaban J connectivity index is 1.68. The number of hydrogen-bond acceptors (Lipinski definition) is 6. The molecule has 204 valence electrons. The van der Waals surface area contributed by atoms with E-state index in [1.54, 1.807) is 0 Å². The van der Waals surface area contributed by atoms with Crippen molar-refractivity contribution in [2.24, 2.45) is 14.1 Å². The fraction of sp³-hybridized carbons (Fsp3) is 0.250. The second-order valence-corrected chi connectivity index (χ2v) is 11.9. The van der Waals surface area contributed by atoms with E-state index in [1.807, 2.05) is 112 Å². The molecule has 8 heteroatoms. The van der Waals surface area contributed by atoms with E-state index in [9.17, 15) is 9.59 Å². The lowest BCUT2D eigenvalue weighted by Gasteiger charge is -2.16. The molecule has 0 radical (unpaired) electrons. The Morgan fingerprint density at radius 1 is 0.725 bits per heavy atom. The molecule has 1 aliphatic rings. The molecule has 0 N–H and O–H groups in total. The number of nitrogens with zero attached hydrogens (tertiary/aromatic N) is 2. The number of fused-ring (bicyclic) bond motifs is 2. The molecule has 0 saturated heterocycles. The molecule has 0 saturated carbocycles. The van der Waals surface area contributed by atoms with Gasteiger partial charge < -0.3 is 9.47 Å². The number of ketones is 2. The van der Waals surface area contributed by atoms with Gasteiger partial charge in [-0.15, -0.1) is 22.7 Å². The Morgan fingerprint density at radius 3 is 1.48 bits per heavy atom. The monoisotopic (exact) mass is 572 g/mol. The van der Waals surface area contributed by atoms with Crippen LogP contribution in [0.1, 0.15) is 76.6 Å². The minimum absolute atomic E-state index is 0.146. The highest BCUT2D eigenvalue weighted by atomic mass is 32.1. The lowest BCUT2D eigenvalue weighted by molar-refractivity contribution is -0.673. The summed E-state index contributed by atoms with van der Waals surface area (Å²) in [6, 6.07) is 11.8. The molecule has 1 aliphatic carbocycles. The zero-order chi connectivity index (χ0) is 28.6. The van der Waals surface area contributed by atoms with Crippen molar-refractivity contribution in [3.8, 4) is 0 Å². The third-order valence-electron chi connectivity index (χ3n) is 6.88. The third kappa shape index (κ3) is 4.82. The number of carbonyl (C=O) groups is 2. The van der Waals surface area contributed by atoms with Gasteiger partial charge in [0.2, 0.25) is 23.0 Å². The molecule has 0 aromatic carbocycles. The van der Waals surface area contributed by atoms with Crippen molar-refractivity contribution >= 4 is 57.9 Å². The highest BCUT2D eigenvalue weighted by Gasteiger charge is 2.41. The molecule has 0 amide bonds. The van der Waals surface area contributed by atoms with Crippen molar-refractivity contribution in [2.45, 2.75) is 27.7 Å². The first-order valence-electron chi connectivity index (χ1n) is 13.2. The van der Waals surface area contributed by atoms with Gasteiger partial charge in [-0.25, -0.2) is 9.13 Å². The van der Waals surface area contributed by atoms with Crippen molar-refractivity contribution in [1.82, 2.24) is 0 Å². The van der Waals surface area contributed by atoms with Crippen molar-refractivity contribution in [3.63, 3.8) is 0 Å². The van der Waals surface area contributed by atoms with Crippen LogP contribution in [0.4, 0.5) is 0 Å². The Kier molecular flexibility index (Phi) is 7.83. The van der Waals surface area contributed by atoms with Crippen LogP contribution >= 0.6 is 22.7 Å². The average molecular weight is 573 g/mol. The van der Waals surface area contributed by atoms with Crippen molar-refractivity contribution in [1.29, 1.82) is 0 Å². The largest absolute Gasteiger partial charge is 0.493 e. The molecule has 0 unspecified atom stereocenters. The van der Waals surface area contributed by atoms with Crippen LogP contribution in [0.5, 0.6) is 0 Å². The molecule has 6 nitrogen and oxygen atoms in total. The van der Waals surface area contributed by atoms with E-state index < -0.39 is 0 Å². The van der Waals surface area contributed by atoms with E-state index in [4.69, 9.17) is 9.47 Å². The topological polar surface area (TPSA) is 60.4 Å². The fourth-order valence-corrected chi connectivity index (χ4v) is 7.19. The lowest BCUT2D eigenvalue weighted by Crippen LogP contribution is -2.30. The van der Waals surface area contributed by atoms with E-state index in [0.717, 1.165) is 21.1 Å². The van der Waals surface area contributed by atoms with Crippen LogP contribution < -0.4 is 9.13 Å². The quantitative estimate of drug-likeness (QED) is 0.171. The van der Waals surface area contributed by atoms with Gasteiger partial charge in [-0.05, 0) is 39.8 Å². The fourth-order valence-electron chi connectivity index (χ4n) is 4.99. The minimum atomic E-state index is -0.146. The predicted molar refractivity (Wildman–Crippen MR) is 159 cm³/mol. The van der Waals surface area contributed by atoms with Gasteiger partial charge in [0.15, 0.2) is 12.4 Å². The van der Waals surface area contributed by atoms with Gasteiger partial charge in [0.25, 0.3) is 0 Å². The highest BCUT2D eigenvalue weighted by Crippen LogP contribution is 2.46. The maximum Gasteiger partial charge on any atom is 0.208 e. The van der Waals surface area contributed by atoms with Gasteiger partial charge in [0.1, 0.15) is 25.6 Å². The van der Waals surface area contributed by atoms with Gasteiger partial charge in [-0.3, -0.25) is 9.59 Å². The van der Waals surface area contributed by atoms with Gasteiger partial charge >= 0.3 is 0 Å². The first kappa shape index (κ1) is 27.7. The summed E-state index contributed by atoms with van der Waals surface area (Å²) in [6.45, 7) is 8.58. The molecule has 0 fully saturated rings. The van der Waals surface area contributed by atoms with Crippen LogP contribution in [-0.2, 0) is 23.6 Å². The molecule has 0 atom stereocenters. The Labute approximate surface area is 242 Å². The number of thiophene rings is 2. The van der Waals surface area contributed by atoms with Gasteiger partial charge in [0.05, 0.1) is 46.2 Å². The van der Waals surface area contributed by atoms with Gasteiger partial charge in [-0.2, -0.15) is 0 Å². The molecule has 4 heterocycles. The summed E-state index contributed by atoms with van der Waals surface area (Å²) in [5.74, 6) is 0.882. The van der Waals surface area contributed by atoms with Crippen LogP contribution in [0.15, 0.2) is 48.8 Å². The van der Waals surface area contributed by atoms with E-state index >= 15 is 0 Å². The minimum Gasteiger partial charge on any atom is -0.493 e. The molecule has 0 aliphatic heterocycles. The first-order chi connectivity index (χ1) is 19.3. The van der Waals surface area contributed by atoms with Gasteiger partial charge in [0, 0.05) is 45.1 Å². The molecule has 0 spiro atoms. The molecule has 4 aromatic heterocycles. The maximum atomic E-state index is 14.2. The summed E-state index contributed by atoms with van der Waals surface area (Å²) in [5.41, 5.74) is 4.11. The lowest BCUT2D eigenvalue weighted by atomic mass is 9.88. The van der Waals surface area contributed by atoms with Crippen LogP contribution in [0.25, 0.3) is 23.7 Å². The van der Waals surface area contributed by atoms with E-state index in [-0.39, 0.29) is 11.6 Å². The van der Waals surface area contributed by atoms with Crippen LogP contribution in [0.3, 0.4) is 0 Å². The first-order valence-corrected chi connectivity index (χ1v) is 14.8. The highest BCUT2D eigenvalue weighted by molar-refractivity contribution is 7.17. The number of carbonyl (C=O) groups excluding carboxylic acids is 2. The predicted octanol–water partition coefficient (Wildman–Crippen LogP) is 5.92. The number of aryl methyl sites for hydroxylation is 4. The smallest absolute Gasteiger partial charge is 0.208 e. The van der Waals surface area contributed by atoms with E-state index in [2.05, 4.69) is 0 Å². The summed E-state index contributed by atoms with van der Waals surface area (Å²) >= 11 is 2.71. The third-order valence-corrected chi connectivity index (χ3v) is 9.08. The van der Waals surface area contributed by atoms with Gasteiger partial charge in [-0.1, -0.05) is 0 Å².